The molecule has 176 valence electrons. The number of Topliss-reactive ketones (excluding diaryl/α,β-unsaturated/α-hetero) is 1. The molecule has 4 heterocycles. The molecule has 0 saturated heterocycles. The number of amides is 1. The standard InChI is InChI=1S/C23H27N9O2/c1-6-16(33)14-10-24-17(28-23(34)13-7-8-13)9-15(14)27-22-21-20(25-12(3)26-22)19-18(11(2)31(21)4)29-32(5)30-19/h9-11,13H,6-8H2,1-5H3,(H2,24,25,26,27,28,34)/t11-/m1/s1/i1D3. The number of nitrogens with one attached hydrogen (secondary N) is 2. The van der Waals surface area contributed by atoms with Crippen molar-refractivity contribution in [3.8, 4) is 11.4 Å². The molecule has 1 aliphatic carbocycles. The Labute approximate surface area is 201 Å². The van der Waals surface area contributed by atoms with Crippen LogP contribution in [0.15, 0.2) is 12.3 Å². The number of carbonyl (C=O) groups is 2. The molecule has 0 aromatic carbocycles. The summed E-state index contributed by atoms with van der Waals surface area (Å²) in [5.41, 5.74) is 3.02. The summed E-state index contributed by atoms with van der Waals surface area (Å²) in [6.45, 7) is 1.29. The third kappa shape index (κ3) is 3.76. The fourth-order valence-corrected chi connectivity index (χ4v) is 4.05. The fourth-order valence-electron chi connectivity index (χ4n) is 4.05. The smallest absolute Gasteiger partial charge is 0.228 e. The number of hydrogen-bond donors (Lipinski definition) is 2. The summed E-state index contributed by atoms with van der Waals surface area (Å²) < 4.78 is 22.6. The van der Waals surface area contributed by atoms with Crippen molar-refractivity contribution in [3.05, 3.63) is 29.3 Å². The van der Waals surface area contributed by atoms with E-state index in [4.69, 9.17) is 4.11 Å². The van der Waals surface area contributed by atoms with Crippen LogP contribution in [-0.4, -0.2) is 48.7 Å². The topological polar surface area (TPSA) is 131 Å². The van der Waals surface area contributed by atoms with Gasteiger partial charge in [0.25, 0.3) is 0 Å². The van der Waals surface area contributed by atoms with Crippen LogP contribution in [0.5, 0.6) is 0 Å². The van der Waals surface area contributed by atoms with Gasteiger partial charge in [-0.15, -0.1) is 0 Å². The maximum Gasteiger partial charge on any atom is 0.228 e. The summed E-state index contributed by atoms with van der Waals surface area (Å²) in [6.07, 6.45) is 2.28. The van der Waals surface area contributed by atoms with Crippen LogP contribution in [0.25, 0.3) is 11.4 Å². The summed E-state index contributed by atoms with van der Waals surface area (Å²) in [4.78, 5) is 42.2. The molecule has 1 amide bonds. The summed E-state index contributed by atoms with van der Waals surface area (Å²) in [5, 5.41) is 15.0. The van der Waals surface area contributed by atoms with Gasteiger partial charge in [0.15, 0.2) is 11.6 Å². The fraction of sp³-hybridized carbons (Fsp3) is 0.435. The van der Waals surface area contributed by atoms with Gasteiger partial charge in [-0.25, -0.2) is 15.0 Å². The number of rotatable bonds is 6. The van der Waals surface area contributed by atoms with E-state index in [9.17, 15) is 9.59 Å². The van der Waals surface area contributed by atoms with Crippen LogP contribution in [0.3, 0.4) is 0 Å². The lowest BCUT2D eigenvalue weighted by Crippen LogP contribution is -2.28. The van der Waals surface area contributed by atoms with Crippen LogP contribution < -0.4 is 15.5 Å². The SMILES string of the molecule is [2H]C([2H])([2H])CC(=O)c1cnc(NC(=O)C2CC2)cc1Nc1nc(C)nc2c1N(C)[C@H](C)c1nn(C)nc1-2. The molecule has 5 rings (SSSR count). The minimum absolute atomic E-state index is 0.0390. The lowest BCUT2D eigenvalue weighted by molar-refractivity contribution is -0.117. The van der Waals surface area contributed by atoms with E-state index in [1.54, 1.807) is 14.0 Å². The van der Waals surface area contributed by atoms with Crippen LogP contribution in [0.1, 0.15) is 65.1 Å². The maximum absolute atomic E-state index is 13.0. The van der Waals surface area contributed by atoms with Crippen molar-refractivity contribution in [2.24, 2.45) is 13.0 Å². The number of pyridine rings is 1. The first-order valence-corrected chi connectivity index (χ1v) is 11.1. The zero-order chi connectivity index (χ0) is 26.6. The van der Waals surface area contributed by atoms with E-state index in [0.29, 0.717) is 28.7 Å². The van der Waals surface area contributed by atoms with Gasteiger partial charge in [0.05, 0.1) is 17.3 Å². The summed E-state index contributed by atoms with van der Waals surface area (Å²) in [5.74, 6) is 0.339. The number of aryl methyl sites for hydroxylation is 2. The highest BCUT2D eigenvalue weighted by molar-refractivity contribution is 6.03. The van der Waals surface area contributed by atoms with Gasteiger partial charge in [0, 0.05) is 42.8 Å². The van der Waals surface area contributed by atoms with Crippen molar-refractivity contribution in [1.82, 2.24) is 29.9 Å². The number of fused-ring (bicyclic) bond motifs is 3. The van der Waals surface area contributed by atoms with Gasteiger partial charge in [-0.3, -0.25) is 9.59 Å². The lowest BCUT2D eigenvalue weighted by atomic mass is 10.0. The normalized spacial score (nSPS) is 18.3. The molecule has 34 heavy (non-hydrogen) atoms. The van der Waals surface area contributed by atoms with E-state index in [1.165, 1.54) is 17.1 Å². The first-order valence-electron chi connectivity index (χ1n) is 12.6. The minimum atomic E-state index is -2.45. The molecule has 0 unspecified atom stereocenters. The van der Waals surface area contributed by atoms with E-state index in [-0.39, 0.29) is 34.9 Å². The van der Waals surface area contributed by atoms with Crippen molar-refractivity contribution in [3.63, 3.8) is 0 Å². The predicted molar refractivity (Wildman–Crippen MR) is 127 cm³/mol. The van der Waals surface area contributed by atoms with E-state index in [2.05, 4.69) is 35.8 Å². The Morgan fingerprint density at radius 3 is 2.74 bits per heavy atom. The molecule has 0 bridgehead atoms. The highest BCUT2D eigenvalue weighted by Gasteiger charge is 2.34. The molecule has 3 aromatic heterocycles. The summed E-state index contributed by atoms with van der Waals surface area (Å²) in [7, 11) is 3.63. The second-order valence-electron chi connectivity index (χ2n) is 8.63. The Hall–Kier alpha value is -3.89. The van der Waals surface area contributed by atoms with Crippen molar-refractivity contribution in [1.29, 1.82) is 0 Å². The Morgan fingerprint density at radius 1 is 1.21 bits per heavy atom. The molecule has 1 saturated carbocycles. The molecule has 0 spiro atoms. The second-order valence-corrected chi connectivity index (χ2v) is 8.63. The van der Waals surface area contributed by atoms with Gasteiger partial charge < -0.3 is 15.5 Å². The van der Waals surface area contributed by atoms with Gasteiger partial charge in [-0.2, -0.15) is 15.0 Å². The molecule has 1 aliphatic heterocycles. The first kappa shape index (κ1) is 18.5. The Kier molecular flexibility index (Phi) is 4.44. The summed E-state index contributed by atoms with van der Waals surface area (Å²) in [6, 6.07) is 1.39. The maximum atomic E-state index is 13.0. The number of nitrogens with zero attached hydrogens (tertiary/aromatic N) is 7. The van der Waals surface area contributed by atoms with Crippen LogP contribution >= 0.6 is 0 Å². The van der Waals surface area contributed by atoms with E-state index in [1.807, 2.05) is 18.9 Å². The van der Waals surface area contributed by atoms with E-state index < -0.39 is 19.1 Å². The Morgan fingerprint density at radius 2 is 2.00 bits per heavy atom. The molecule has 2 aliphatic rings. The minimum Gasteiger partial charge on any atom is -0.361 e. The highest BCUT2D eigenvalue weighted by Crippen LogP contribution is 2.45. The molecule has 11 heteroatoms. The summed E-state index contributed by atoms with van der Waals surface area (Å²) >= 11 is 0. The predicted octanol–water partition coefficient (Wildman–Crippen LogP) is 3.17. The Bertz CT molecular complexity index is 1420. The zero-order valence-electron chi connectivity index (χ0n) is 22.4. The average molecular weight is 465 g/mol. The molecule has 0 radical (unpaired) electrons. The van der Waals surface area contributed by atoms with Gasteiger partial charge in [-0.1, -0.05) is 6.85 Å². The Balaban J connectivity index is 1.60. The van der Waals surface area contributed by atoms with E-state index >= 15 is 0 Å². The molecule has 1 atom stereocenters. The number of hydrogen-bond acceptors (Lipinski definition) is 9. The van der Waals surface area contributed by atoms with Crippen molar-refractivity contribution < 1.29 is 13.7 Å². The molecule has 2 N–H and O–H groups in total. The third-order valence-corrected chi connectivity index (χ3v) is 6.11. The van der Waals surface area contributed by atoms with Crippen molar-refractivity contribution in [2.75, 3.05) is 22.6 Å². The number of anilines is 4. The lowest BCUT2D eigenvalue weighted by Gasteiger charge is -2.33. The quantitative estimate of drug-likeness (QED) is 0.528. The van der Waals surface area contributed by atoms with Gasteiger partial charge >= 0.3 is 0 Å². The van der Waals surface area contributed by atoms with Crippen molar-refractivity contribution in [2.45, 2.75) is 46.0 Å². The van der Waals surface area contributed by atoms with Gasteiger partial charge in [-0.05, 0) is 26.7 Å². The van der Waals surface area contributed by atoms with Crippen LogP contribution in [0.4, 0.5) is 23.0 Å². The monoisotopic (exact) mass is 464 g/mol. The van der Waals surface area contributed by atoms with E-state index in [0.717, 1.165) is 18.5 Å². The first-order chi connectivity index (χ1) is 17.4. The second kappa shape index (κ2) is 8.15. The van der Waals surface area contributed by atoms with Crippen LogP contribution in [0, 0.1) is 12.8 Å². The molecule has 1 fully saturated rings. The van der Waals surface area contributed by atoms with Crippen molar-refractivity contribution >= 4 is 34.7 Å². The highest BCUT2D eigenvalue weighted by atomic mass is 16.2. The average Bonchev–Trinajstić information content (AvgIpc) is 3.57. The number of aromatic nitrogens is 6. The number of carbonyl (C=O) groups excluding carboxylic acids is 2. The molecular weight excluding hydrogens is 434 g/mol. The van der Waals surface area contributed by atoms with Crippen LogP contribution in [0.2, 0.25) is 0 Å². The van der Waals surface area contributed by atoms with Crippen LogP contribution in [-0.2, 0) is 11.8 Å². The van der Waals surface area contributed by atoms with Gasteiger partial charge in [0.2, 0.25) is 5.91 Å². The zero-order valence-corrected chi connectivity index (χ0v) is 19.4. The molecular formula is C23H27N9O2. The van der Waals surface area contributed by atoms with Gasteiger partial charge in [0.1, 0.15) is 34.4 Å². The largest absolute Gasteiger partial charge is 0.361 e. The number of ketones is 1. The molecule has 11 nitrogen and oxygen atoms in total. The third-order valence-electron chi connectivity index (χ3n) is 6.11. The molecule has 3 aromatic rings.